The number of hydrogen-bond acceptors (Lipinski definition) is 1. The summed E-state index contributed by atoms with van der Waals surface area (Å²) in [6, 6.07) is 0. The fourth-order valence-electron chi connectivity index (χ4n) is 0.456. The van der Waals surface area contributed by atoms with Gasteiger partial charge >= 0.3 is 6.18 Å². The minimum absolute atomic E-state index is 0.211. The van der Waals surface area contributed by atoms with Crippen LogP contribution >= 0.6 is 0 Å². The molecule has 0 aromatic heterocycles. The number of amidine groups is 1. The molecule has 2 nitrogen and oxygen atoms in total. The third kappa shape index (κ3) is 3.64. The van der Waals surface area contributed by atoms with E-state index < -0.39 is 12.0 Å². The minimum Gasteiger partial charge on any atom is -0.341 e. The summed E-state index contributed by atoms with van der Waals surface area (Å²) in [5.74, 6) is -1.02. The van der Waals surface area contributed by atoms with E-state index in [2.05, 4.69) is 11.6 Å². The van der Waals surface area contributed by atoms with E-state index in [1.807, 2.05) is 5.32 Å². The Balaban J connectivity index is 4.33. The van der Waals surface area contributed by atoms with Crippen molar-refractivity contribution in [1.82, 2.24) is 5.32 Å². The van der Waals surface area contributed by atoms with Crippen molar-refractivity contribution in [2.24, 2.45) is 4.99 Å². The second-order valence-electron chi connectivity index (χ2n) is 1.98. The lowest BCUT2D eigenvalue weighted by atomic mass is 10.5. The number of rotatable bonds is 1. The van der Waals surface area contributed by atoms with Gasteiger partial charge in [0.15, 0.2) is 0 Å². The average Bonchev–Trinajstić information content (AvgIpc) is 1.79. The van der Waals surface area contributed by atoms with Crippen LogP contribution in [0.2, 0.25) is 0 Å². The van der Waals surface area contributed by atoms with Crippen LogP contribution in [0.3, 0.4) is 0 Å². The second-order valence-corrected chi connectivity index (χ2v) is 1.98. The van der Waals surface area contributed by atoms with Crippen molar-refractivity contribution in [1.29, 1.82) is 0 Å². The van der Waals surface area contributed by atoms with Gasteiger partial charge in [0.2, 0.25) is 5.84 Å². The van der Waals surface area contributed by atoms with Gasteiger partial charge < -0.3 is 5.32 Å². The Morgan fingerprint density at radius 1 is 1.45 bits per heavy atom. The van der Waals surface area contributed by atoms with Crippen LogP contribution < -0.4 is 5.32 Å². The molecule has 1 N–H and O–H groups in total. The van der Waals surface area contributed by atoms with Crippen LogP contribution in [0.4, 0.5) is 13.2 Å². The summed E-state index contributed by atoms with van der Waals surface area (Å²) in [7, 11) is 1.07. The first-order valence-corrected chi connectivity index (χ1v) is 2.84. The quantitative estimate of drug-likeness (QED) is 0.465. The zero-order chi connectivity index (χ0) is 9.07. The molecule has 0 rings (SSSR count). The summed E-state index contributed by atoms with van der Waals surface area (Å²) in [5.41, 5.74) is 0.211. The molecule has 0 atom stereocenters. The summed E-state index contributed by atoms with van der Waals surface area (Å²) in [6.45, 7) is 4.69. The zero-order valence-corrected chi connectivity index (χ0v) is 6.29. The number of allylic oxidation sites excluding steroid dienone is 1. The van der Waals surface area contributed by atoms with E-state index >= 15 is 0 Å². The molecule has 0 aromatic carbocycles. The summed E-state index contributed by atoms with van der Waals surface area (Å²) in [5, 5.41) is 2.00. The van der Waals surface area contributed by atoms with E-state index in [-0.39, 0.29) is 5.70 Å². The van der Waals surface area contributed by atoms with Crippen LogP contribution in [0, 0.1) is 0 Å². The van der Waals surface area contributed by atoms with E-state index in [0.29, 0.717) is 0 Å². The molecule has 0 radical (unpaired) electrons. The van der Waals surface area contributed by atoms with Crippen LogP contribution in [0.1, 0.15) is 6.92 Å². The topological polar surface area (TPSA) is 24.4 Å². The van der Waals surface area contributed by atoms with Crippen molar-refractivity contribution in [2.45, 2.75) is 13.1 Å². The first kappa shape index (κ1) is 10.0. The molecule has 0 aliphatic rings. The first-order chi connectivity index (χ1) is 4.88. The molecular weight excluding hydrogens is 157 g/mol. The number of hydrogen-bond donors (Lipinski definition) is 1. The predicted molar refractivity (Wildman–Crippen MR) is 37.4 cm³/mol. The lowest BCUT2D eigenvalue weighted by Crippen LogP contribution is -2.35. The van der Waals surface area contributed by atoms with E-state index in [4.69, 9.17) is 0 Å². The standard InChI is InChI=1S/C6H9F3N2/c1-4(2)11-5(10-3)6(7,8)9/h1H2,2-3H3,(H,10,11). The maximum absolute atomic E-state index is 11.8. The molecule has 64 valence electrons. The SMILES string of the molecule is C=C(C)NC(=NC)C(F)(F)F. The van der Waals surface area contributed by atoms with E-state index in [9.17, 15) is 13.2 Å². The van der Waals surface area contributed by atoms with Crippen LogP contribution in [-0.2, 0) is 0 Å². The third-order valence-corrected chi connectivity index (χ3v) is 0.824. The Bertz CT molecular complexity index is 181. The van der Waals surface area contributed by atoms with Gasteiger partial charge in [0.1, 0.15) is 0 Å². The highest BCUT2D eigenvalue weighted by atomic mass is 19.4. The number of halogens is 3. The van der Waals surface area contributed by atoms with Gasteiger partial charge in [-0.2, -0.15) is 13.2 Å². The molecule has 0 aliphatic heterocycles. The Hall–Kier alpha value is -1.00. The fourth-order valence-corrected chi connectivity index (χ4v) is 0.456. The molecule has 0 saturated carbocycles. The largest absolute Gasteiger partial charge is 0.449 e. The van der Waals surface area contributed by atoms with Crippen molar-refractivity contribution in [3.8, 4) is 0 Å². The monoisotopic (exact) mass is 166 g/mol. The van der Waals surface area contributed by atoms with Crippen LogP contribution in [0.15, 0.2) is 17.3 Å². The van der Waals surface area contributed by atoms with Crippen LogP contribution in [0.25, 0.3) is 0 Å². The van der Waals surface area contributed by atoms with Gasteiger partial charge in [-0.05, 0) is 6.92 Å². The molecule has 0 saturated heterocycles. The molecule has 5 heteroatoms. The molecule has 0 fully saturated rings. The maximum Gasteiger partial charge on any atom is 0.449 e. The van der Waals surface area contributed by atoms with E-state index in [1.165, 1.54) is 6.92 Å². The van der Waals surface area contributed by atoms with Gasteiger partial charge in [-0.15, -0.1) is 0 Å². The summed E-state index contributed by atoms with van der Waals surface area (Å²) in [4.78, 5) is 3.02. The number of aliphatic imine (C=N–C) groups is 1. The molecule has 0 unspecified atom stereocenters. The van der Waals surface area contributed by atoms with Crippen molar-refractivity contribution in [3.05, 3.63) is 12.3 Å². The molecule has 11 heavy (non-hydrogen) atoms. The van der Waals surface area contributed by atoms with Gasteiger partial charge in [-0.1, -0.05) is 6.58 Å². The minimum atomic E-state index is -4.42. The van der Waals surface area contributed by atoms with Crippen molar-refractivity contribution in [3.63, 3.8) is 0 Å². The van der Waals surface area contributed by atoms with E-state index in [1.54, 1.807) is 0 Å². The van der Waals surface area contributed by atoms with Crippen molar-refractivity contribution < 1.29 is 13.2 Å². The van der Waals surface area contributed by atoms with Gasteiger partial charge in [0, 0.05) is 12.7 Å². The summed E-state index contributed by atoms with van der Waals surface area (Å²) in [6.07, 6.45) is -4.42. The van der Waals surface area contributed by atoms with Crippen molar-refractivity contribution in [2.75, 3.05) is 7.05 Å². The van der Waals surface area contributed by atoms with Gasteiger partial charge in [-0.25, -0.2) is 0 Å². The van der Waals surface area contributed by atoms with Gasteiger partial charge in [0.05, 0.1) is 0 Å². The third-order valence-electron chi connectivity index (χ3n) is 0.824. The normalized spacial score (nSPS) is 13.0. The Labute approximate surface area is 62.8 Å². The second kappa shape index (κ2) is 3.41. The Morgan fingerprint density at radius 2 is 1.91 bits per heavy atom. The molecule has 0 bridgehead atoms. The van der Waals surface area contributed by atoms with Crippen molar-refractivity contribution >= 4 is 5.84 Å². The predicted octanol–water partition coefficient (Wildman–Crippen LogP) is 1.70. The van der Waals surface area contributed by atoms with Crippen LogP contribution in [0.5, 0.6) is 0 Å². The molecular formula is C6H9F3N2. The summed E-state index contributed by atoms with van der Waals surface area (Å²) < 4.78 is 35.5. The Morgan fingerprint density at radius 3 is 2.00 bits per heavy atom. The smallest absolute Gasteiger partial charge is 0.341 e. The fraction of sp³-hybridized carbons (Fsp3) is 0.500. The highest BCUT2D eigenvalue weighted by Gasteiger charge is 2.35. The van der Waals surface area contributed by atoms with Gasteiger partial charge in [0.25, 0.3) is 0 Å². The molecule has 0 spiro atoms. The van der Waals surface area contributed by atoms with Crippen LogP contribution in [-0.4, -0.2) is 19.1 Å². The first-order valence-electron chi connectivity index (χ1n) is 2.84. The van der Waals surface area contributed by atoms with E-state index in [0.717, 1.165) is 7.05 Å². The lowest BCUT2D eigenvalue weighted by Gasteiger charge is -2.10. The highest BCUT2D eigenvalue weighted by molar-refractivity contribution is 5.88. The molecule has 0 amide bonds. The average molecular weight is 166 g/mol. The Kier molecular flexibility index (Phi) is 3.10. The van der Waals surface area contributed by atoms with Gasteiger partial charge in [-0.3, -0.25) is 4.99 Å². The highest BCUT2D eigenvalue weighted by Crippen LogP contribution is 2.15. The number of alkyl halides is 3. The molecule has 0 heterocycles. The lowest BCUT2D eigenvalue weighted by molar-refractivity contribution is -0.0614. The molecule has 0 aliphatic carbocycles. The number of nitrogens with one attached hydrogen (secondary N) is 1. The zero-order valence-electron chi connectivity index (χ0n) is 6.29. The molecule has 0 aromatic rings. The maximum atomic E-state index is 11.8. The summed E-state index contributed by atoms with van der Waals surface area (Å²) >= 11 is 0. The number of nitrogens with zero attached hydrogens (tertiary/aromatic N) is 1.